The largest absolute Gasteiger partial charge is 0.492 e. The van der Waals surface area contributed by atoms with Crippen molar-refractivity contribution in [2.45, 2.75) is 19.0 Å². The molecule has 0 radical (unpaired) electrons. The monoisotopic (exact) mass is 345 g/mol. The smallest absolute Gasteiger partial charge is 0.401 e. The molecule has 0 bridgehead atoms. The molecular formula is C16H22F3N3O2. The lowest BCUT2D eigenvalue weighted by atomic mass is 9.97. The standard InChI is InChI=1S/C16H22F3N3O2/c17-16(18,19)11-22-8-1-2-12(10-22)15(23)21-13-3-5-14(6-4-13)24-9-7-20/h3-6,12H,1-2,7-11,20H2,(H,21,23). The van der Waals surface area contributed by atoms with Crippen LogP contribution >= 0.6 is 0 Å². The van der Waals surface area contributed by atoms with Crippen LogP contribution < -0.4 is 15.8 Å². The minimum Gasteiger partial charge on any atom is -0.492 e. The van der Waals surface area contributed by atoms with E-state index in [4.69, 9.17) is 10.5 Å². The van der Waals surface area contributed by atoms with E-state index in [2.05, 4.69) is 5.32 Å². The normalized spacial score (nSPS) is 19.1. The topological polar surface area (TPSA) is 67.6 Å². The number of anilines is 1. The molecule has 1 saturated heterocycles. The maximum Gasteiger partial charge on any atom is 0.401 e. The van der Waals surface area contributed by atoms with Crippen molar-refractivity contribution in [3.05, 3.63) is 24.3 Å². The van der Waals surface area contributed by atoms with Crippen molar-refractivity contribution in [2.24, 2.45) is 11.7 Å². The van der Waals surface area contributed by atoms with Gasteiger partial charge in [0.05, 0.1) is 12.5 Å². The van der Waals surface area contributed by atoms with E-state index in [1.807, 2.05) is 0 Å². The number of nitrogens with one attached hydrogen (secondary N) is 1. The van der Waals surface area contributed by atoms with Crippen LogP contribution in [0.3, 0.4) is 0 Å². The van der Waals surface area contributed by atoms with Crippen LogP contribution in [0.15, 0.2) is 24.3 Å². The van der Waals surface area contributed by atoms with Gasteiger partial charge in [0.1, 0.15) is 12.4 Å². The number of halogens is 3. The number of hydrogen-bond acceptors (Lipinski definition) is 4. The third kappa shape index (κ3) is 6.01. The molecule has 24 heavy (non-hydrogen) atoms. The second kappa shape index (κ2) is 8.34. The summed E-state index contributed by atoms with van der Waals surface area (Å²) in [6.45, 7) is 0.348. The number of nitrogens with two attached hydrogens (primary N) is 1. The lowest BCUT2D eigenvalue weighted by Gasteiger charge is -2.32. The van der Waals surface area contributed by atoms with Crippen LogP contribution in [0.2, 0.25) is 0 Å². The molecule has 1 unspecified atom stereocenters. The van der Waals surface area contributed by atoms with Gasteiger partial charge in [-0.25, -0.2) is 0 Å². The van der Waals surface area contributed by atoms with Gasteiger partial charge >= 0.3 is 6.18 Å². The number of hydrogen-bond donors (Lipinski definition) is 2. The van der Waals surface area contributed by atoms with Gasteiger partial charge in [-0.1, -0.05) is 0 Å². The van der Waals surface area contributed by atoms with Crippen molar-refractivity contribution in [3.8, 4) is 5.75 Å². The van der Waals surface area contributed by atoms with Gasteiger partial charge in [-0.05, 0) is 43.7 Å². The first-order chi connectivity index (χ1) is 11.4. The molecule has 2 rings (SSSR count). The van der Waals surface area contributed by atoms with E-state index in [0.29, 0.717) is 44.0 Å². The van der Waals surface area contributed by atoms with E-state index in [0.717, 1.165) is 0 Å². The minimum atomic E-state index is -4.24. The zero-order valence-corrected chi connectivity index (χ0v) is 13.3. The van der Waals surface area contributed by atoms with Gasteiger partial charge in [0, 0.05) is 18.8 Å². The Morgan fingerprint density at radius 3 is 2.67 bits per heavy atom. The minimum absolute atomic E-state index is 0.128. The maximum atomic E-state index is 12.5. The molecule has 0 saturated carbocycles. The summed E-state index contributed by atoms with van der Waals surface area (Å²) in [7, 11) is 0. The van der Waals surface area contributed by atoms with Crippen molar-refractivity contribution < 1.29 is 22.7 Å². The van der Waals surface area contributed by atoms with Gasteiger partial charge in [-0.15, -0.1) is 0 Å². The Labute approximate surface area is 138 Å². The Kier molecular flexibility index (Phi) is 6.44. The van der Waals surface area contributed by atoms with E-state index in [1.165, 1.54) is 4.90 Å². The summed E-state index contributed by atoms with van der Waals surface area (Å²) in [4.78, 5) is 13.6. The molecule has 0 aromatic heterocycles. The number of benzene rings is 1. The fourth-order valence-corrected chi connectivity index (χ4v) is 2.72. The number of piperidine rings is 1. The molecule has 8 heteroatoms. The predicted octanol–water partition coefficient (Wildman–Crippen LogP) is 2.24. The Morgan fingerprint density at radius 2 is 2.04 bits per heavy atom. The summed E-state index contributed by atoms with van der Waals surface area (Å²) in [5.41, 5.74) is 5.94. The summed E-state index contributed by atoms with van der Waals surface area (Å²) in [5, 5.41) is 2.75. The predicted molar refractivity (Wildman–Crippen MR) is 84.8 cm³/mol. The van der Waals surface area contributed by atoms with Gasteiger partial charge in [-0.3, -0.25) is 9.69 Å². The number of alkyl halides is 3. The highest BCUT2D eigenvalue weighted by Gasteiger charge is 2.34. The molecule has 1 aliphatic rings. The fourth-order valence-electron chi connectivity index (χ4n) is 2.72. The first kappa shape index (κ1) is 18.5. The second-order valence-electron chi connectivity index (χ2n) is 5.84. The highest BCUT2D eigenvalue weighted by atomic mass is 19.4. The number of amides is 1. The first-order valence-electron chi connectivity index (χ1n) is 7.90. The molecule has 1 fully saturated rings. The number of rotatable bonds is 6. The molecular weight excluding hydrogens is 323 g/mol. The average molecular weight is 345 g/mol. The maximum absolute atomic E-state index is 12.5. The van der Waals surface area contributed by atoms with Crippen molar-refractivity contribution >= 4 is 11.6 Å². The molecule has 134 valence electrons. The van der Waals surface area contributed by atoms with Gasteiger partial charge in [0.25, 0.3) is 0 Å². The van der Waals surface area contributed by atoms with Crippen LogP contribution in [0.5, 0.6) is 5.75 Å². The van der Waals surface area contributed by atoms with Crippen LogP contribution in [-0.2, 0) is 4.79 Å². The van der Waals surface area contributed by atoms with Crippen LogP contribution in [0, 0.1) is 5.92 Å². The van der Waals surface area contributed by atoms with Crippen LogP contribution in [0.1, 0.15) is 12.8 Å². The lowest BCUT2D eigenvalue weighted by molar-refractivity contribution is -0.151. The molecule has 1 aromatic carbocycles. The number of ether oxygens (including phenoxy) is 1. The Balaban J connectivity index is 1.87. The van der Waals surface area contributed by atoms with E-state index in [-0.39, 0.29) is 12.5 Å². The highest BCUT2D eigenvalue weighted by Crippen LogP contribution is 2.24. The first-order valence-corrected chi connectivity index (χ1v) is 7.90. The molecule has 5 nitrogen and oxygen atoms in total. The van der Waals surface area contributed by atoms with Crippen molar-refractivity contribution in [1.82, 2.24) is 4.90 Å². The van der Waals surface area contributed by atoms with Crippen molar-refractivity contribution in [2.75, 3.05) is 38.1 Å². The molecule has 1 aromatic rings. The molecule has 0 aliphatic carbocycles. The number of carbonyl (C=O) groups is 1. The molecule has 1 amide bonds. The van der Waals surface area contributed by atoms with Gasteiger partial charge in [0.15, 0.2) is 0 Å². The molecule has 1 aliphatic heterocycles. The zero-order valence-electron chi connectivity index (χ0n) is 13.3. The van der Waals surface area contributed by atoms with E-state index >= 15 is 0 Å². The summed E-state index contributed by atoms with van der Waals surface area (Å²) in [6.07, 6.45) is -3.06. The summed E-state index contributed by atoms with van der Waals surface area (Å²) < 4.78 is 42.8. The fraction of sp³-hybridized carbons (Fsp3) is 0.562. The van der Waals surface area contributed by atoms with Crippen LogP contribution in [-0.4, -0.2) is 49.8 Å². The second-order valence-corrected chi connectivity index (χ2v) is 5.84. The van der Waals surface area contributed by atoms with Crippen molar-refractivity contribution in [3.63, 3.8) is 0 Å². The van der Waals surface area contributed by atoms with Crippen LogP contribution in [0.25, 0.3) is 0 Å². The summed E-state index contributed by atoms with van der Waals surface area (Å²) in [5.74, 6) is -0.0424. The quantitative estimate of drug-likeness (QED) is 0.830. The Hall–Kier alpha value is -1.80. The van der Waals surface area contributed by atoms with Gasteiger partial charge < -0.3 is 15.8 Å². The lowest BCUT2D eigenvalue weighted by Crippen LogP contribution is -2.44. The van der Waals surface area contributed by atoms with E-state index in [9.17, 15) is 18.0 Å². The zero-order chi connectivity index (χ0) is 17.6. The third-order valence-corrected chi connectivity index (χ3v) is 3.79. The van der Waals surface area contributed by atoms with E-state index in [1.54, 1.807) is 24.3 Å². The van der Waals surface area contributed by atoms with Crippen molar-refractivity contribution in [1.29, 1.82) is 0 Å². The van der Waals surface area contributed by atoms with Crippen LogP contribution in [0.4, 0.5) is 18.9 Å². The number of carbonyl (C=O) groups excluding carboxylic acids is 1. The molecule has 0 spiro atoms. The summed E-state index contributed by atoms with van der Waals surface area (Å²) in [6, 6.07) is 6.81. The number of nitrogens with zero attached hydrogens (tertiary/aromatic N) is 1. The highest BCUT2D eigenvalue weighted by molar-refractivity contribution is 5.92. The average Bonchev–Trinajstić information content (AvgIpc) is 2.53. The number of likely N-dealkylation sites (tertiary alicyclic amines) is 1. The molecule has 1 heterocycles. The Bertz CT molecular complexity index is 534. The van der Waals surface area contributed by atoms with Gasteiger partial charge in [-0.2, -0.15) is 13.2 Å². The SMILES string of the molecule is NCCOc1ccc(NC(=O)C2CCCN(CC(F)(F)F)C2)cc1. The molecule has 3 N–H and O–H groups in total. The summed E-state index contributed by atoms with van der Waals surface area (Å²) >= 11 is 0. The van der Waals surface area contributed by atoms with Gasteiger partial charge in [0.2, 0.25) is 5.91 Å². The third-order valence-electron chi connectivity index (χ3n) is 3.79. The Morgan fingerprint density at radius 1 is 1.33 bits per heavy atom. The molecule has 1 atom stereocenters. The van der Waals surface area contributed by atoms with E-state index < -0.39 is 18.6 Å².